The number of hydrogen-bond donors (Lipinski definition) is 2. The van der Waals surface area contributed by atoms with Crippen molar-refractivity contribution in [3.05, 3.63) is 22.2 Å². The Labute approximate surface area is 77.5 Å². The summed E-state index contributed by atoms with van der Waals surface area (Å²) in [6.45, 7) is 0. The highest BCUT2D eigenvalue weighted by molar-refractivity contribution is 9.10. The Morgan fingerprint density at radius 3 is 2.92 bits per heavy atom. The van der Waals surface area contributed by atoms with E-state index in [9.17, 15) is 9.90 Å². The molecule has 2 rings (SSSR count). The van der Waals surface area contributed by atoms with Crippen LogP contribution in [-0.2, 0) is 11.2 Å². The maximum Gasteiger partial charge on any atom is 0.229 e. The van der Waals surface area contributed by atoms with Crippen LogP contribution in [0.5, 0.6) is 5.75 Å². The fourth-order valence-electron chi connectivity index (χ4n) is 1.27. The lowest BCUT2D eigenvalue weighted by molar-refractivity contribution is -0.115. The lowest BCUT2D eigenvalue weighted by atomic mass is 10.1. The predicted molar refractivity (Wildman–Crippen MR) is 48.1 cm³/mol. The molecule has 0 saturated heterocycles. The Balaban J connectivity index is 2.64. The van der Waals surface area contributed by atoms with Gasteiger partial charge >= 0.3 is 0 Å². The molecule has 1 aliphatic heterocycles. The first-order chi connectivity index (χ1) is 5.68. The van der Waals surface area contributed by atoms with Crippen molar-refractivity contribution in [1.29, 1.82) is 0 Å². The molecule has 1 heterocycles. The zero-order valence-electron chi connectivity index (χ0n) is 6.10. The second kappa shape index (κ2) is 2.48. The van der Waals surface area contributed by atoms with Crippen LogP contribution < -0.4 is 5.32 Å². The fourth-order valence-corrected chi connectivity index (χ4v) is 1.74. The van der Waals surface area contributed by atoms with E-state index in [0.717, 1.165) is 10.0 Å². The molecule has 0 aromatic heterocycles. The van der Waals surface area contributed by atoms with Crippen molar-refractivity contribution >= 4 is 27.5 Å². The second-order valence-corrected chi connectivity index (χ2v) is 3.50. The van der Waals surface area contributed by atoms with Gasteiger partial charge in [0.1, 0.15) is 5.75 Å². The van der Waals surface area contributed by atoms with Gasteiger partial charge in [-0.3, -0.25) is 4.79 Å². The number of phenolic OH excluding ortho intramolecular Hbond substituents is 1. The second-order valence-electron chi connectivity index (χ2n) is 2.65. The van der Waals surface area contributed by atoms with Gasteiger partial charge in [-0.15, -0.1) is 0 Å². The van der Waals surface area contributed by atoms with Crippen molar-refractivity contribution in [3.63, 3.8) is 0 Å². The normalized spacial score (nSPS) is 14.2. The van der Waals surface area contributed by atoms with Crippen LogP contribution in [0.15, 0.2) is 16.6 Å². The molecule has 0 spiro atoms. The summed E-state index contributed by atoms with van der Waals surface area (Å²) >= 11 is 3.31. The Kier molecular flexibility index (Phi) is 1.58. The van der Waals surface area contributed by atoms with E-state index in [0.29, 0.717) is 12.1 Å². The molecule has 0 bridgehead atoms. The predicted octanol–water partition coefficient (Wildman–Crippen LogP) is 1.65. The highest BCUT2D eigenvalue weighted by atomic mass is 79.9. The average Bonchev–Trinajstić information content (AvgIpc) is 2.41. The lowest BCUT2D eigenvalue weighted by Gasteiger charge is -2.02. The van der Waals surface area contributed by atoms with Crippen LogP contribution in [0.1, 0.15) is 5.56 Å². The number of amides is 1. The van der Waals surface area contributed by atoms with Crippen LogP contribution in [0.25, 0.3) is 0 Å². The molecule has 1 aromatic carbocycles. The van der Waals surface area contributed by atoms with Crippen LogP contribution in [0.4, 0.5) is 5.69 Å². The summed E-state index contributed by atoms with van der Waals surface area (Å²) in [5.41, 5.74) is 1.37. The molecule has 62 valence electrons. The van der Waals surface area contributed by atoms with E-state index < -0.39 is 0 Å². The first-order valence-corrected chi connectivity index (χ1v) is 4.28. The highest BCUT2D eigenvalue weighted by Gasteiger charge is 2.22. The number of phenols is 1. The third-order valence-corrected chi connectivity index (χ3v) is 2.58. The number of hydrogen-bond acceptors (Lipinski definition) is 2. The largest absolute Gasteiger partial charge is 0.506 e. The third kappa shape index (κ3) is 0.992. The van der Waals surface area contributed by atoms with Crippen molar-refractivity contribution in [1.82, 2.24) is 0 Å². The minimum atomic E-state index is -0.0767. The minimum absolute atomic E-state index is 0.0767. The van der Waals surface area contributed by atoms with E-state index in [1.807, 2.05) is 0 Å². The molecule has 0 atom stereocenters. The molecule has 4 heteroatoms. The number of anilines is 1. The van der Waals surface area contributed by atoms with E-state index in [2.05, 4.69) is 21.2 Å². The van der Waals surface area contributed by atoms with E-state index in [1.54, 1.807) is 12.1 Å². The van der Waals surface area contributed by atoms with Crippen molar-refractivity contribution in [2.24, 2.45) is 0 Å². The summed E-state index contributed by atoms with van der Waals surface area (Å²) in [5.74, 6) is 0.0475. The third-order valence-electron chi connectivity index (χ3n) is 1.84. The summed E-state index contributed by atoms with van der Waals surface area (Å²) in [5, 5.41) is 11.9. The van der Waals surface area contributed by atoms with Gasteiger partial charge in [0, 0.05) is 10.0 Å². The number of halogens is 1. The Morgan fingerprint density at radius 1 is 1.50 bits per heavy atom. The standard InChI is InChI=1S/C8H6BrNO2/c9-5-1-2-6(11)8-4(5)3-7(12)10-8/h1-2,11H,3H2,(H,10,12). The molecule has 12 heavy (non-hydrogen) atoms. The molecule has 1 amide bonds. The fraction of sp³-hybridized carbons (Fsp3) is 0.125. The van der Waals surface area contributed by atoms with Crippen LogP contribution in [0.3, 0.4) is 0 Å². The van der Waals surface area contributed by atoms with Gasteiger partial charge in [-0.1, -0.05) is 15.9 Å². The number of rotatable bonds is 0. The maximum absolute atomic E-state index is 11.0. The molecule has 0 radical (unpaired) electrons. The van der Waals surface area contributed by atoms with Gasteiger partial charge < -0.3 is 10.4 Å². The Bertz CT molecular complexity index is 329. The highest BCUT2D eigenvalue weighted by Crippen LogP contribution is 2.36. The zero-order valence-corrected chi connectivity index (χ0v) is 7.68. The molecule has 0 aliphatic carbocycles. The number of carbonyl (C=O) groups is 1. The summed E-state index contributed by atoms with van der Waals surface area (Å²) < 4.78 is 0.855. The van der Waals surface area contributed by atoms with Crippen molar-refractivity contribution in [2.45, 2.75) is 6.42 Å². The summed E-state index contributed by atoms with van der Waals surface area (Å²) in [6.07, 6.45) is 0.338. The molecular weight excluding hydrogens is 222 g/mol. The smallest absolute Gasteiger partial charge is 0.229 e. The molecular formula is C8H6BrNO2. The summed E-state index contributed by atoms with van der Waals surface area (Å²) in [4.78, 5) is 11.0. The SMILES string of the molecule is O=C1Cc2c(Br)ccc(O)c2N1. The van der Waals surface area contributed by atoms with Gasteiger partial charge in [0.2, 0.25) is 5.91 Å². The van der Waals surface area contributed by atoms with Crippen LogP contribution in [0, 0.1) is 0 Å². The number of nitrogens with one attached hydrogen (secondary N) is 1. The van der Waals surface area contributed by atoms with Gasteiger partial charge in [0.05, 0.1) is 12.1 Å². The van der Waals surface area contributed by atoms with Crippen LogP contribution >= 0.6 is 15.9 Å². The van der Waals surface area contributed by atoms with Crippen molar-refractivity contribution in [3.8, 4) is 5.75 Å². The summed E-state index contributed by atoms with van der Waals surface area (Å²) in [6, 6.07) is 3.28. The quantitative estimate of drug-likeness (QED) is 0.663. The summed E-state index contributed by atoms with van der Waals surface area (Å²) in [7, 11) is 0. The number of carbonyl (C=O) groups excluding carboxylic acids is 1. The van der Waals surface area contributed by atoms with Crippen molar-refractivity contribution in [2.75, 3.05) is 5.32 Å². The molecule has 0 saturated carbocycles. The zero-order chi connectivity index (χ0) is 8.72. The topological polar surface area (TPSA) is 49.3 Å². The Morgan fingerprint density at radius 2 is 2.25 bits per heavy atom. The van der Waals surface area contributed by atoms with Gasteiger partial charge in [0.15, 0.2) is 0 Å². The van der Waals surface area contributed by atoms with E-state index in [-0.39, 0.29) is 11.7 Å². The molecule has 0 unspecified atom stereocenters. The van der Waals surface area contributed by atoms with Gasteiger partial charge in [0.25, 0.3) is 0 Å². The molecule has 1 aromatic rings. The van der Waals surface area contributed by atoms with E-state index in [4.69, 9.17) is 0 Å². The Hall–Kier alpha value is -1.03. The molecule has 1 aliphatic rings. The van der Waals surface area contributed by atoms with E-state index in [1.165, 1.54) is 0 Å². The van der Waals surface area contributed by atoms with Crippen LogP contribution in [0.2, 0.25) is 0 Å². The van der Waals surface area contributed by atoms with Gasteiger partial charge in [-0.05, 0) is 12.1 Å². The van der Waals surface area contributed by atoms with Gasteiger partial charge in [-0.2, -0.15) is 0 Å². The first kappa shape index (κ1) is 7.61. The number of fused-ring (bicyclic) bond motifs is 1. The number of benzene rings is 1. The first-order valence-electron chi connectivity index (χ1n) is 3.48. The lowest BCUT2D eigenvalue weighted by Crippen LogP contribution is -2.03. The molecule has 3 nitrogen and oxygen atoms in total. The maximum atomic E-state index is 11.0. The van der Waals surface area contributed by atoms with Gasteiger partial charge in [-0.25, -0.2) is 0 Å². The number of aromatic hydroxyl groups is 1. The van der Waals surface area contributed by atoms with E-state index >= 15 is 0 Å². The monoisotopic (exact) mass is 227 g/mol. The minimum Gasteiger partial charge on any atom is -0.506 e. The average molecular weight is 228 g/mol. The molecule has 2 N–H and O–H groups in total. The van der Waals surface area contributed by atoms with Crippen molar-refractivity contribution < 1.29 is 9.90 Å². The molecule has 0 fully saturated rings. The van der Waals surface area contributed by atoms with Crippen LogP contribution in [-0.4, -0.2) is 11.0 Å².